The number of thiazole rings is 1. The maximum Gasteiger partial charge on any atom is 0.338 e. The molecule has 38 heavy (non-hydrogen) atoms. The van der Waals surface area contributed by atoms with Gasteiger partial charge in [-0.1, -0.05) is 65.9 Å². The number of rotatable bonds is 6. The Morgan fingerprint density at radius 2 is 1.87 bits per heavy atom. The van der Waals surface area contributed by atoms with Gasteiger partial charge in [0.05, 0.1) is 22.4 Å². The molecule has 3 aromatic heterocycles. The second-order valence-electron chi connectivity index (χ2n) is 9.03. The molecule has 2 aromatic carbocycles. The highest BCUT2D eigenvalue weighted by Gasteiger charge is 2.33. The van der Waals surface area contributed by atoms with Crippen molar-refractivity contribution in [1.29, 1.82) is 0 Å². The van der Waals surface area contributed by atoms with Crippen LogP contribution in [0, 0.1) is 0 Å². The summed E-state index contributed by atoms with van der Waals surface area (Å²) in [7, 11) is 0. The van der Waals surface area contributed by atoms with Crippen LogP contribution in [0.25, 0.3) is 17.0 Å². The van der Waals surface area contributed by atoms with Crippen LogP contribution in [0.1, 0.15) is 35.9 Å². The first kappa shape index (κ1) is 24.3. The van der Waals surface area contributed by atoms with Crippen LogP contribution in [0.4, 0.5) is 0 Å². The minimum atomic E-state index is -0.563. The Morgan fingerprint density at radius 1 is 1.08 bits per heavy atom. The third kappa shape index (κ3) is 4.25. The molecule has 0 spiro atoms. The van der Waals surface area contributed by atoms with Crippen LogP contribution < -0.4 is 14.9 Å². The maximum atomic E-state index is 13.9. The first-order chi connectivity index (χ1) is 18.5. The average Bonchev–Trinajstić information content (AvgIpc) is 3.64. The quantitative estimate of drug-likeness (QED) is 0.290. The van der Waals surface area contributed by atoms with Crippen molar-refractivity contribution in [3.05, 3.63) is 125 Å². The van der Waals surface area contributed by atoms with Crippen LogP contribution >= 0.6 is 22.7 Å². The lowest BCUT2D eigenvalue weighted by Crippen LogP contribution is -2.39. The van der Waals surface area contributed by atoms with Crippen molar-refractivity contribution >= 4 is 45.6 Å². The van der Waals surface area contributed by atoms with E-state index in [4.69, 9.17) is 4.74 Å². The summed E-state index contributed by atoms with van der Waals surface area (Å²) in [6.07, 6.45) is 4.05. The Bertz CT molecular complexity index is 1860. The number of hydrogen-bond acceptors (Lipinski definition) is 6. The van der Waals surface area contributed by atoms with Crippen LogP contribution in [-0.2, 0) is 16.1 Å². The SMILES string of the molecule is CCOC(=O)C1=C(C)N=c2sc(=Cc3cn(Cc4ccccc4)c4ccccc34)c(=O)n2C1c1cccs1. The van der Waals surface area contributed by atoms with Gasteiger partial charge in [0.25, 0.3) is 5.56 Å². The fourth-order valence-electron chi connectivity index (χ4n) is 4.95. The largest absolute Gasteiger partial charge is 0.463 e. The smallest absolute Gasteiger partial charge is 0.338 e. The second kappa shape index (κ2) is 10.0. The molecule has 8 heteroatoms. The Labute approximate surface area is 227 Å². The summed E-state index contributed by atoms with van der Waals surface area (Å²) in [6.45, 7) is 4.57. The van der Waals surface area contributed by atoms with Gasteiger partial charge in [-0.25, -0.2) is 9.79 Å². The number of thiophene rings is 1. The molecule has 0 fully saturated rings. The van der Waals surface area contributed by atoms with Crippen LogP contribution in [0.5, 0.6) is 0 Å². The third-order valence-corrected chi connectivity index (χ3v) is 8.54. The Kier molecular flexibility index (Phi) is 6.43. The number of allylic oxidation sites excluding steroid dienone is 1. The maximum absolute atomic E-state index is 13.9. The lowest BCUT2D eigenvalue weighted by molar-refractivity contribution is -0.139. The molecule has 190 valence electrons. The molecule has 4 heterocycles. The van der Waals surface area contributed by atoms with Gasteiger partial charge < -0.3 is 9.30 Å². The molecular weight excluding hydrogens is 514 g/mol. The molecule has 0 radical (unpaired) electrons. The average molecular weight is 540 g/mol. The molecule has 0 saturated carbocycles. The monoisotopic (exact) mass is 539 g/mol. The summed E-state index contributed by atoms with van der Waals surface area (Å²) in [6, 6.07) is 21.9. The zero-order chi connectivity index (χ0) is 26.2. The normalized spacial score (nSPS) is 15.5. The van der Waals surface area contributed by atoms with Gasteiger partial charge in [-0.3, -0.25) is 9.36 Å². The Morgan fingerprint density at radius 3 is 2.63 bits per heavy atom. The molecule has 5 aromatic rings. The Balaban J connectivity index is 1.51. The topological polar surface area (TPSA) is 65.6 Å². The van der Waals surface area contributed by atoms with Crippen molar-refractivity contribution < 1.29 is 9.53 Å². The molecule has 6 nitrogen and oxygen atoms in total. The van der Waals surface area contributed by atoms with Gasteiger partial charge in [-0.2, -0.15) is 0 Å². The van der Waals surface area contributed by atoms with Gasteiger partial charge in [-0.15, -0.1) is 11.3 Å². The molecule has 0 amide bonds. The van der Waals surface area contributed by atoms with E-state index in [0.717, 1.165) is 27.9 Å². The molecular formula is C30H25N3O3S2. The van der Waals surface area contributed by atoms with E-state index < -0.39 is 12.0 Å². The van der Waals surface area contributed by atoms with E-state index in [0.29, 0.717) is 20.6 Å². The van der Waals surface area contributed by atoms with Gasteiger partial charge in [0.15, 0.2) is 4.80 Å². The highest BCUT2D eigenvalue weighted by atomic mass is 32.1. The molecule has 0 bridgehead atoms. The number of carbonyl (C=O) groups is 1. The summed E-state index contributed by atoms with van der Waals surface area (Å²) in [5.74, 6) is -0.439. The molecule has 6 rings (SSSR count). The fourth-order valence-corrected chi connectivity index (χ4v) is 6.81. The highest BCUT2D eigenvalue weighted by Crippen LogP contribution is 2.33. The number of fused-ring (bicyclic) bond motifs is 2. The van der Waals surface area contributed by atoms with E-state index in [1.54, 1.807) is 18.4 Å². The van der Waals surface area contributed by atoms with E-state index >= 15 is 0 Å². The van der Waals surface area contributed by atoms with Crippen molar-refractivity contribution in [2.24, 2.45) is 4.99 Å². The molecule has 0 saturated heterocycles. The Hall–Kier alpha value is -4.01. The summed E-state index contributed by atoms with van der Waals surface area (Å²) in [5.41, 5.74) is 4.10. The van der Waals surface area contributed by atoms with E-state index in [1.165, 1.54) is 28.2 Å². The molecule has 1 unspecified atom stereocenters. The summed E-state index contributed by atoms with van der Waals surface area (Å²) < 4.78 is 9.79. The molecule has 1 atom stereocenters. The standard InChI is InChI=1S/C30H25N3O3S2/c1-3-36-29(35)26-19(2)31-30-33(27(26)24-14-9-15-37-24)28(34)25(38-30)16-21-18-32(17-20-10-5-4-6-11-20)23-13-8-7-12-22(21)23/h4-16,18,27H,3,17H2,1-2H3. The van der Waals surface area contributed by atoms with Gasteiger partial charge in [0.1, 0.15) is 6.04 Å². The number of hydrogen-bond donors (Lipinski definition) is 0. The van der Waals surface area contributed by atoms with Gasteiger partial charge in [0.2, 0.25) is 0 Å². The van der Waals surface area contributed by atoms with Crippen molar-refractivity contribution in [1.82, 2.24) is 9.13 Å². The van der Waals surface area contributed by atoms with Crippen molar-refractivity contribution in [3.8, 4) is 0 Å². The number of benzene rings is 2. The number of carbonyl (C=O) groups excluding carboxylic acids is 1. The minimum Gasteiger partial charge on any atom is -0.463 e. The van der Waals surface area contributed by atoms with E-state index in [1.807, 2.05) is 53.9 Å². The second-order valence-corrected chi connectivity index (χ2v) is 11.0. The van der Waals surface area contributed by atoms with Gasteiger partial charge in [-0.05, 0) is 43.0 Å². The van der Waals surface area contributed by atoms with Crippen LogP contribution in [0.2, 0.25) is 0 Å². The first-order valence-electron chi connectivity index (χ1n) is 12.4. The van der Waals surface area contributed by atoms with Crippen LogP contribution in [0.3, 0.4) is 0 Å². The van der Waals surface area contributed by atoms with Gasteiger partial charge >= 0.3 is 5.97 Å². The zero-order valence-electron chi connectivity index (χ0n) is 21.0. The fraction of sp³-hybridized carbons (Fsp3) is 0.167. The molecule has 1 aliphatic heterocycles. The summed E-state index contributed by atoms with van der Waals surface area (Å²) >= 11 is 2.86. The predicted octanol–water partition coefficient (Wildman–Crippen LogP) is 4.86. The van der Waals surface area contributed by atoms with E-state index in [-0.39, 0.29) is 12.2 Å². The number of ether oxygens (including phenoxy) is 1. The van der Waals surface area contributed by atoms with Crippen molar-refractivity contribution in [2.75, 3.05) is 6.61 Å². The molecule has 1 aliphatic rings. The first-order valence-corrected chi connectivity index (χ1v) is 14.1. The van der Waals surface area contributed by atoms with E-state index in [9.17, 15) is 9.59 Å². The van der Waals surface area contributed by atoms with Crippen molar-refractivity contribution in [2.45, 2.75) is 26.4 Å². The van der Waals surface area contributed by atoms with Crippen LogP contribution in [0.15, 0.2) is 99.4 Å². The molecule has 0 aliphatic carbocycles. The van der Waals surface area contributed by atoms with Gasteiger partial charge in [0, 0.05) is 34.1 Å². The lowest BCUT2D eigenvalue weighted by atomic mass is 10.0. The zero-order valence-corrected chi connectivity index (χ0v) is 22.6. The number of esters is 1. The highest BCUT2D eigenvalue weighted by molar-refractivity contribution is 7.10. The number of para-hydroxylation sites is 1. The van der Waals surface area contributed by atoms with Crippen LogP contribution in [-0.4, -0.2) is 21.7 Å². The number of aromatic nitrogens is 2. The molecule has 0 N–H and O–H groups in total. The number of nitrogens with zero attached hydrogens (tertiary/aromatic N) is 3. The minimum absolute atomic E-state index is 0.165. The van der Waals surface area contributed by atoms with E-state index in [2.05, 4.69) is 40.0 Å². The summed E-state index contributed by atoms with van der Waals surface area (Å²) in [4.78, 5) is 33.0. The summed E-state index contributed by atoms with van der Waals surface area (Å²) in [5, 5.41) is 3.03. The predicted molar refractivity (Wildman–Crippen MR) is 152 cm³/mol. The lowest BCUT2D eigenvalue weighted by Gasteiger charge is -2.23. The third-order valence-electron chi connectivity index (χ3n) is 6.63. The van der Waals surface area contributed by atoms with Crippen molar-refractivity contribution in [3.63, 3.8) is 0 Å².